The van der Waals surface area contributed by atoms with Gasteiger partial charge in [-0.2, -0.15) is 0 Å². The fourth-order valence-electron chi connectivity index (χ4n) is 2.61. The van der Waals surface area contributed by atoms with Crippen molar-refractivity contribution < 1.29 is 9.50 Å². The van der Waals surface area contributed by atoms with Crippen molar-refractivity contribution in [3.8, 4) is 5.75 Å². The molecule has 2 N–H and O–H groups in total. The number of para-hydroxylation sites is 1. The minimum Gasteiger partial charge on any atom is -0.505 e. The van der Waals surface area contributed by atoms with Gasteiger partial charge < -0.3 is 10.4 Å². The Hall–Kier alpha value is -1.39. The molecule has 2 rings (SSSR count). The summed E-state index contributed by atoms with van der Waals surface area (Å²) in [7, 11) is 0. The summed E-state index contributed by atoms with van der Waals surface area (Å²) in [4.78, 5) is 2.30. The van der Waals surface area contributed by atoms with Gasteiger partial charge in [-0.3, -0.25) is 4.90 Å². The van der Waals surface area contributed by atoms with Gasteiger partial charge in [0.05, 0.1) is 0 Å². The number of nitrogens with zero attached hydrogens (tertiary/aromatic N) is 1. The first-order chi connectivity index (χ1) is 9.24. The van der Waals surface area contributed by atoms with Crippen LogP contribution in [0, 0.1) is 5.82 Å². The summed E-state index contributed by atoms with van der Waals surface area (Å²) in [5.74, 6) is -0.758. The monoisotopic (exact) mass is 264 g/mol. The zero-order valence-corrected chi connectivity index (χ0v) is 11.1. The van der Waals surface area contributed by atoms with E-state index in [2.05, 4.69) is 16.8 Å². The molecule has 0 bridgehead atoms. The zero-order chi connectivity index (χ0) is 13.7. The van der Waals surface area contributed by atoms with E-state index in [0.717, 1.165) is 39.0 Å². The van der Waals surface area contributed by atoms with Crippen molar-refractivity contribution >= 4 is 0 Å². The van der Waals surface area contributed by atoms with Gasteiger partial charge in [0.1, 0.15) is 0 Å². The second kappa shape index (κ2) is 6.68. The standard InChI is InChI=1S/C15H21FN2O/c1-2-3-7-14(18-10-8-17-9-11-18)12-5-4-6-13(16)15(12)19/h2,4-6,14,17,19H,1,3,7-11H2/t14-/m1/s1. The van der Waals surface area contributed by atoms with Crippen LogP contribution in [0.2, 0.25) is 0 Å². The third kappa shape index (κ3) is 3.33. The number of phenolic OH excluding ortho intramolecular Hbond substituents is 1. The summed E-state index contributed by atoms with van der Waals surface area (Å²) in [6, 6.07) is 4.82. The largest absolute Gasteiger partial charge is 0.505 e. The molecule has 0 aromatic heterocycles. The van der Waals surface area contributed by atoms with Crippen molar-refractivity contribution in [1.82, 2.24) is 10.2 Å². The van der Waals surface area contributed by atoms with E-state index in [1.807, 2.05) is 12.1 Å². The van der Waals surface area contributed by atoms with Crippen LogP contribution >= 0.6 is 0 Å². The van der Waals surface area contributed by atoms with Crippen LogP contribution in [0.3, 0.4) is 0 Å². The first-order valence-electron chi connectivity index (χ1n) is 6.77. The average molecular weight is 264 g/mol. The average Bonchev–Trinajstić information content (AvgIpc) is 2.45. The fraction of sp³-hybridized carbons (Fsp3) is 0.467. The number of piperazine rings is 1. The Kier molecular flexibility index (Phi) is 4.93. The molecular formula is C15H21FN2O. The van der Waals surface area contributed by atoms with E-state index in [1.165, 1.54) is 6.07 Å². The third-order valence-electron chi connectivity index (χ3n) is 3.61. The molecule has 104 valence electrons. The van der Waals surface area contributed by atoms with Crippen molar-refractivity contribution in [1.29, 1.82) is 0 Å². The molecule has 1 fully saturated rings. The number of hydrogen-bond donors (Lipinski definition) is 2. The predicted octanol–water partition coefficient (Wildman–Crippen LogP) is 2.44. The lowest BCUT2D eigenvalue weighted by Gasteiger charge is -2.35. The van der Waals surface area contributed by atoms with Crippen LogP contribution < -0.4 is 5.32 Å². The molecule has 1 aromatic rings. The number of aromatic hydroxyl groups is 1. The molecule has 0 radical (unpaired) electrons. The maximum atomic E-state index is 13.5. The number of allylic oxidation sites excluding steroid dienone is 1. The third-order valence-corrected chi connectivity index (χ3v) is 3.61. The van der Waals surface area contributed by atoms with E-state index < -0.39 is 5.82 Å². The Balaban J connectivity index is 2.24. The van der Waals surface area contributed by atoms with Crippen LogP contribution in [0.1, 0.15) is 24.4 Å². The van der Waals surface area contributed by atoms with Gasteiger partial charge in [0, 0.05) is 37.8 Å². The molecule has 0 amide bonds. The van der Waals surface area contributed by atoms with Crippen molar-refractivity contribution in [2.24, 2.45) is 0 Å². The molecule has 19 heavy (non-hydrogen) atoms. The maximum Gasteiger partial charge on any atom is 0.165 e. The lowest BCUT2D eigenvalue weighted by Crippen LogP contribution is -2.45. The molecular weight excluding hydrogens is 243 g/mol. The van der Waals surface area contributed by atoms with Gasteiger partial charge in [0.25, 0.3) is 0 Å². The molecule has 1 aliphatic rings. The second-order valence-corrected chi connectivity index (χ2v) is 4.85. The topological polar surface area (TPSA) is 35.5 Å². The Bertz CT molecular complexity index is 430. The first kappa shape index (κ1) is 14.0. The van der Waals surface area contributed by atoms with Crippen molar-refractivity contribution in [2.45, 2.75) is 18.9 Å². The van der Waals surface area contributed by atoms with Crippen LogP contribution in [-0.2, 0) is 0 Å². The van der Waals surface area contributed by atoms with Crippen molar-refractivity contribution in [2.75, 3.05) is 26.2 Å². The van der Waals surface area contributed by atoms with E-state index in [9.17, 15) is 9.50 Å². The lowest BCUT2D eigenvalue weighted by atomic mass is 9.98. The zero-order valence-electron chi connectivity index (χ0n) is 11.1. The van der Waals surface area contributed by atoms with Crippen LogP contribution in [0.4, 0.5) is 4.39 Å². The van der Waals surface area contributed by atoms with Gasteiger partial charge in [-0.15, -0.1) is 6.58 Å². The van der Waals surface area contributed by atoms with Crippen molar-refractivity contribution in [3.63, 3.8) is 0 Å². The molecule has 0 unspecified atom stereocenters. The van der Waals surface area contributed by atoms with Gasteiger partial charge in [-0.1, -0.05) is 18.2 Å². The quantitative estimate of drug-likeness (QED) is 0.802. The van der Waals surface area contributed by atoms with Crippen LogP contribution in [0.15, 0.2) is 30.9 Å². The summed E-state index contributed by atoms with van der Waals surface area (Å²) in [6.45, 7) is 7.44. The number of hydrogen-bond acceptors (Lipinski definition) is 3. The summed E-state index contributed by atoms with van der Waals surface area (Å²) in [5, 5.41) is 13.3. The van der Waals surface area contributed by atoms with Gasteiger partial charge in [-0.25, -0.2) is 4.39 Å². The number of rotatable bonds is 5. The second-order valence-electron chi connectivity index (χ2n) is 4.85. The van der Waals surface area contributed by atoms with E-state index >= 15 is 0 Å². The lowest BCUT2D eigenvalue weighted by molar-refractivity contribution is 0.163. The van der Waals surface area contributed by atoms with Gasteiger partial charge in [0.15, 0.2) is 11.6 Å². The molecule has 1 aromatic carbocycles. The Morgan fingerprint density at radius 2 is 2.16 bits per heavy atom. The minimum absolute atomic E-state index is 0.0517. The van der Waals surface area contributed by atoms with Crippen LogP contribution in [-0.4, -0.2) is 36.2 Å². The van der Waals surface area contributed by atoms with Gasteiger partial charge >= 0.3 is 0 Å². The molecule has 3 nitrogen and oxygen atoms in total. The molecule has 1 heterocycles. The highest BCUT2D eigenvalue weighted by atomic mass is 19.1. The normalized spacial score (nSPS) is 18.2. The van der Waals surface area contributed by atoms with E-state index in [4.69, 9.17) is 0 Å². The first-order valence-corrected chi connectivity index (χ1v) is 6.77. The van der Waals surface area contributed by atoms with Gasteiger partial charge in [-0.05, 0) is 18.9 Å². The van der Waals surface area contributed by atoms with E-state index in [0.29, 0.717) is 5.56 Å². The van der Waals surface area contributed by atoms with Gasteiger partial charge in [0.2, 0.25) is 0 Å². The summed E-state index contributed by atoms with van der Waals surface area (Å²) >= 11 is 0. The minimum atomic E-state index is -0.545. The van der Waals surface area contributed by atoms with E-state index in [-0.39, 0.29) is 11.8 Å². The summed E-state index contributed by atoms with van der Waals surface area (Å²) in [5.41, 5.74) is 0.684. The summed E-state index contributed by atoms with van der Waals surface area (Å²) < 4.78 is 13.5. The molecule has 1 atom stereocenters. The molecule has 0 aliphatic carbocycles. The smallest absolute Gasteiger partial charge is 0.165 e. The molecule has 4 heteroatoms. The summed E-state index contributed by atoms with van der Waals surface area (Å²) in [6.07, 6.45) is 3.57. The number of phenols is 1. The molecule has 0 spiro atoms. The van der Waals surface area contributed by atoms with Crippen molar-refractivity contribution in [3.05, 3.63) is 42.2 Å². The Morgan fingerprint density at radius 3 is 2.84 bits per heavy atom. The fourth-order valence-corrected chi connectivity index (χ4v) is 2.61. The number of nitrogens with one attached hydrogen (secondary N) is 1. The SMILES string of the molecule is C=CCC[C@H](c1cccc(F)c1O)N1CCNCC1. The number of benzene rings is 1. The number of halogens is 1. The Morgan fingerprint density at radius 1 is 1.42 bits per heavy atom. The van der Waals surface area contributed by atoms with E-state index in [1.54, 1.807) is 6.07 Å². The van der Waals surface area contributed by atoms with Crippen LogP contribution in [0.25, 0.3) is 0 Å². The highest BCUT2D eigenvalue weighted by Crippen LogP contribution is 2.33. The maximum absolute atomic E-state index is 13.5. The Labute approximate surface area is 113 Å². The van der Waals surface area contributed by atoms with Crippen LogP contribution in [0.5, 0.6) is 5.75 Å². The highest BCUT2D eigenvalue weighted by Gasteiger charge is 2.24. The predicted molar refractivity (Wildman–Crippen MR) is 74.7 cm³/mol. The highest BCUT2D eigenvalue weighted by molar-refractivity contribution is 5.36. The molecule has 1 aliphatic heterocycles. The molecule has 0 saturated carbocycles. The molecule has 1 saturated heterocycles.